The van der Waals surface area contributed by atoms with Gasteiger partial charge in [0.1, 0.15) is 32.8 Å². The molecule has 2 aliphatic rings. The lowest BCUT2D eigenvalue weighted by molar-refractivity contribution is -0.940. The molecular formula is C57H82N6O12S. The summed E-state index contributed by atoms with van der Waals surface area (Å²) in [7, 11) is -2.29. The summed E-state index contributed by atoms with van der Waals surface area (Å²) in [6.07, 6.45) is 5.53. The SMILES string of the molecule is CC(=O)Oc1ccc(C[N+]2(CC(=O)C[C@@H](CCc3ccccc3)C(=O)N[C@@H](CC(C)C)C(=O)C[C@@H](Cc3ccccc3)C(=O)N[C@@H](CC(C)C)C(=O)C3(C)CC3)CCOCC2)cc1OC/C(N)=C/N(C)N.CS(=O)(=O)[O-]. The topological polar surface area (TPSA) is 267 Å². The smallest absolute Gasteiger partial charge is 0.308 e. The van der Waals surface area contributed by atoms with Crippen molar-refractivity contribution in [1.82, 2.24) is 15.6 Å². The van der Waals surface area contributed by atoms with Gasteiger partial charge in [0, 0.05) is 62.1 Å². The number of carbonyl (C=O) groups is 6. The van der Waals surface area contributed by atoms with Crippen LogP contribution < -0.4 is 31.7 Å². The molecule has 0 aromatic heterocycles. The molecule has 2 amide bonds. The summed E-state index contributed by atoms with van der Waals surface area (Å²) in [5, 5.41) is 7.48. The summed E-state index contributed by atoms with van der Waals surface area (Å²) in [5.41, 5.74) is 8.74. The molecule has 418 valence electrons. The van der Waals surface area contributed by atoms with Crippen LogP contribution in [0.5, 0.6) is 11.5 Å². The predicted octanol–water partition coefficient (Wildman–Crippen LogP) is 5.56. The van der Waals surface area contributed by atoms with Gasteiger partial charge in [-0.25, -0.2) is 14.3 Å². The van der Waals surface area contributed by atoms with Crippen molar-refractivity contribution in [3.63, 3.8) is 0 Å². The van der Waals surface area contributed by atoms with E-state index in [2.05, 4.69) is 10.6 Å². The van der Waals surface area contributed by atoms with Gasteiger partial charge in [-0.2, -0.15) is 0 Å². The fraction of sp³-hybridized carbons (Fsp3) is 0.544. The lowest BCUT2D eigenvalue weighted by Gasteiger charge is -2.41. The minimum Gasteiger partial charge on any atom is -0.748 e. The van der Waals surface area contributed by atoms with Crippen molar-refractivity contribution < 1.29 is 60.4 Å². The highest BCUT2D eigenvalue weighted by Crippen LogP contribution is 2.47. The third kappa shape index (κ3) is 22.7. The number of Topliss-reactive ketones (excluding diaryl/α,β-unsaturated/α-hetero) is 3. The van der Waals surface area contributed by atoms with E-state index >= 15 is 0 Å². The fourth-order valence-corrected chi connectivity index (χ4v) is 9.40. The molecule has 2 fully saturated rings. The van der Waals surface area contributed by atoms with Crippen molar-refractivity contribution in [1.29, 1.82) is 0 Å². The van der Waals surface area contributed by atoms with Gasteiger partial charge in [0.05, 0.1) is 41.1 Å². The molecule has 1 aliphatic carbocycles. The monoisotopic (exact) mass is 1070 g/mol. The molecule has 76 heavy (non-hydrogen) atoms. The van der Waals surface area contributed by atoms with Crippen LogP contribution in [-0.2, 0) is 63.0 Å². The van der Waals surface area contributed by atoms with E-state index in [0.717, 1.165) is 29.5 Å². The number of nitrogens with two attached hydrogens (primary N) is 2. The van der Waals surface area contributed by atoms with Gasteiger partial charge >= 0.3 is 5.97 Å². The molecule has 1 saturated carbocycles. The second kappa shape index (κ2) is 29.5. The number of hydrogen-bond acceptors (Lipinski definition) is 15. The molecule has 18 nitrogen and oxygen atoms in total. The van der Waals surface area contributed by atoms with Crippen LogP contribution in [0.3, 0.4) is 0 Å². The van der Waals surface area contributed by atoms with Crippen molar-refractivity contribution in [3.05, 3.63) is 107 Å². The molecule has 6 N–H and O–H groups in total. The molecular weight excluding hydrogens is 993 g/mol. The molecule has 0 spiro atoms. The number of aryl methyl sites for hydroxylation is 1. The molecule has 1 saturated heterocycles. The number of quaternary nitrogens is 1. The van der Waals surface area contributed by atoms with Crippen LogP contribution in [0.4, 0.5) is 0 Å². The Bertz CT molecular complexity index is 2540. The van der Waals surface area contributed by atoms with Crippen molar-refractivity contribution in [2.24, 2.45) is 40.7 Å². The zero-order valence-electron chi connectivity index (χ0n) is 45.7. The molecule has 1 heterocycles. The van der Waals surface area contributed by atoms with Gasteiger partial charge < -0.3 is 44.6 Å². The standard InChI is InChI=1S/C56H78N6O9.CH4O3S/c1-38(2)28-48(50(65)33-45(30-42-16-12-9-13-17-42)55(68)60-49(29-39(3)4)53(66)56(6)22-23-56)59-54(67)44(20-18-41-14-10-8-11-15-41)32-47(64)36-62(24-26-69-27-25-62)35-43-19-21-51(71-40(5)63)52(31-43)70-37-46(57)34-61(7)58;1-5(2,3)4/h8-17,19,21,31,34,38-39,44-45,48-49H,18,20,22-30,32-33,35-37,57-58H2,1-7H3,(H-,59,60,67,68);1H3,(H,2,3,4)/b46-34-;/t44-,45-,48+,49+;/m1./s1. The Morgan fingerprint density at radius 2 is 1.37 bits per heavy atom. The van der Waals surface area contributed by atoms with Gasteiger partial charge in [-0.3, -0.25) is 28.8 Å². The van der Waals surface area contributed by atoms with E-state index in [-0.39, 0.29) is 79.2 Å². The zero-order chi connectivity index (χ0) is 56.2. The first-order valence-corrected chi connectivity index (χ1v) is 28.0. The Balaban J connectivity index is 0.00000238. The Morgan fingerprint density at radius 3 is 1.92 bits per heavy atom. The normalized spacial score (nSPS) is 16.4. The van der Waals surface area contributed by atoms with E-state index in [1.165, 1.54) is 18.1 Å². The average molecular weight is 1080 g/mol. The number of esters is 1. The van der Waals surface area contributed by atoms with E-state index < -0.39 is 45.4 Å². The first-order chi connectivity index (χ1) is 35.7. The summed E-state index contributed by atoms with van der Waals surface area (Å²) in [6, 6.07) is 23.0. The van der Waals surface area contributed by atoms with Crippen molar-refractivity contribution in [2.75, 3.05) is 52.8 Å². The van der Waals surface area contributed by atoms with Crippen molar-refractivity contribution in [3.8, 4) is 11.5 Å². The largest absolute Gasteiger partial charge is 0.748 e. The van der Waals surface area contributed by atoms with Crippen LogP contribution >= 0.6 is 0 Å². The Morgan fingerprint density at radius 1 is 0.816 bits per heavy atom. The zero-order valence-corrected chi connectivity index (χ0v) is 46.5. The minimum atomic E-state index is -3.92. The van der Waals surface area contributed by atoms with Crippen molar-refractivity contribution in [2.45, 2.75) is 118 Å². The number of carbonyl (C=O) groups excluding carboxylic acids is 6. The highest BCUT2D eigenvalue weighted by molar-refractivity contribution is 7.84. The van der Waals surface area contributed by atoms with E-state index in [4.69, 9.17) is 38.8 Å². The van der Waals surface area contributed by atoms with E-state index in [9.17, 15) is 28.8 Å². The second-order valence-electron chi connectivity index (χ2n) is 21.8. The quantitative estimate of drug-likeness (QED) is 0.0166. The molecule has 0 radical (unpaired) electrons. The molecule has 5 rings (SSSR count). The number of nitrogens with one attached hydrogen (secondary N) is 2. The predicted molar refractivity (Wildman–Crippen MR) is 289 cm³/mol. The summed E-state index contributed by atoms with van der Waals surface area (Å²) in [5.74, 6) is 3.29. The van der Waals surface area contributed by atoms with E-state index in [1.54, 1.807) is 19.2 Å². The van der Waals surface area contributed by atoms with Crippen molar-refractivity contribution >= 4 is 45.3 Å². The fourth-order valence-electron chi connectivity index (χ4n) is 9.40. The molecule has 0 bridgehead atoms. The number of benzene rings is 3. The van der Waals surface area contributed by atoms with E-state index in [0.29, 0.717) is 80.7 Å². The number of hydrazine groups is 1. The minimum absolute atomic E-state index is 0.0172. The molecule has 4 atom stereocenters. The maximum absolute atomic E-state index is 14.7. The van der Waals surface area contributed by atoms with Gasteiger partial charge in [0.2, 0.25) is 11.8 Å². The summed E-state index contributed by atoms with van der Waals surface area (Å²) < 4.78 is 44.8. The van der Waals surface area contributed by atoms with Gasteiger partial charge in [0.15, 0.2) is 28.8 Å². The lowest BCUT2D eigenvalue weighted by Crippen LogP contribution is -2.57. The number of ether oxygens (including phenoxy) is 3. The molecule has 3 aromatic carbocycles. The lowest BCUT2D eigenvalue weighted by atomic mass is 9.87. The Kier molecular flexibility index (Phi) is 24.3. The third-order valence-corrected chi connectivity index (χ3v) is 13.4. The average Bonchev–Trinajstić information content (AvgIpc) is 4.09. The summed E-state index contributed by atoms with van der Waals surface area (Å²) >= 11 is 0. The molecule has 0 unspecified atom stereocenters. The maximum Gasteiger partial charge on any atom is 0.308 e. The van der Waals surface area contributed by atoms with Crippen LogP contribution in [0.25, 0.3) is 0 Å². The maximum atomic E-state index is 14.7. The highest BCUT2D eigenvalue weighted by Gasteiger charge is 2.48. The number of hydrogen-bond donors (Lipinski definition) is 4. The van der Waals surface area contributed by atoms with Crippen LogP contribution in [-0.4, -0.2) is 122 Å². The number of ketones is 3. The number of amides is 2. The highest BCUT2D eigenvalue weighted by atomic mass is 32.2. The summed E-state index contributed by atoms with van der Waals surface area (Å²) in [4.78, 5) is 83.8. The van der Waals surface area contributed by atoms with Crippen LogP contribution in [0.2, 0.25) is 0 Å². The van der Waals surface area contributed by atoms with Gasteiger partial charge in [-0.05, 0) is 86.1 Å². The summed E-state index contributed by atoms with van der Waals surface area (Å²) in [6.45, 7) is 13.8. The number of nitrogens with zero attached hydrogens (tertiary/aromatic N) is 2. The van der Waals surface area contributed by atoms with Crippen LogP contribution in [0.1, 0.15) is 103 Å². The molecule has 19 heteroatoms. The molecule has 1 aliphatic heterocycles. The Labute approximate surface area is 450 Å². The van der Waals surface area contributed by atoms with Gasteiger partial charge in [-0.15, -0.1) is 0 Å². The van der Waals surface area contributed by atoms with Gasteiger partial charge in [0.25, 0.3) is 0 Å². The second-order valence-corrected chi connectivity index (χ2v) is 23.2. The third-order valence-electron chi connectivity index (χ3n) is 13.4. The van der Waals surface area contributed by atoms with E-state index in [1.807, 2.05) is 101 Å². The van der Waals surface area contributed by atoms with Crippen LogP contribution in [0, 0.1) is 29.1 Å². The van der Waals surface area contributed by atoms with Crippen LogP contribution in [0.15, 0.2) is 90.8 Å². The number of rotatable bonds is 29. The Hall–Kier alpha value is -5.99. The number of morpholine rings is 1. The van der Waals surface area contributed by atoms with Gasteiger partial charge in [-0.1, -0.05) is 95.3 Å². The molecule has 3 aromatic rings. The first-order valence-electron chi connectivity index (χ1n) is 26.2. The first kappa shape index (κ1) is 62.5.